The standard InChI is InChI=1S/C23H21F2N5O5S/c1-26-36(32,33)29-18-8-7-17(24)15(21(18)25)13-30-22(31)35-19-12-14(34-20-4-2-11-27-28-20)5-6-16(19)23(30)9-3-10-23/h2,4-8,11-12,26,29H,3,9-10,13H2,1H3. The smallest absolute Gasteiger partial charge is 0.416 e. The van der Waals surface area contributed by atoms with E-state index >= 15 is 4.39 Å². The maximum atomic E-state index is 15.2. The molecule has 2 N–H and O–H groups in total. The number of amides is 1. The van der Waals surface area contributed by atoms with E-state index in [1.165, 1.54) is 11.1 Å². The predicted molar refractivity (Wildman–Crippen MR) is 124 cm³/mol. The number of benzene rings is 2. The molecule has 1 saturated carbocycles. The summed E-state index contributed by atoms with van der Waals surface area (Å²) in [5, 5.41) is 7.61. The summed E-state index contributed by atoms with van der Waals surface area (Å²) in [6.07, 6.45) is 2.66. The average molecular weight is 518 g/mol. The summed E-state index contributed by atoms with van der Waals surface area (Å²) in [5.41, 5.74) is -1.04. The summed E-state index contributed by atoms with van der Waals surface area (Å²) in [4.78, 5) is 14.4. The number of nitrogens with one attached hydrogen (secondary N) is 2. The van der Waals surface area contributed by atoms with Crippen molar-refractivity contribution < 1.29 is 31.5 Å². The fraction of sp³-hybridized carbons (Fsp3) is 0.261. The highest BCUT2D eigenvalue weighted by molar-refractivity contribution is 7.90. The molecule has 2 aliphatic rings. The Morgan fingerprint density at radius 1 is 1.19 bits per heavy atom. The molecule has 5 rings (SSSR count). The van der Waals surface area contributed by atoms with Gasteiger partial charge in [0.15, 0.2) is 5.82 Å². The maximum Gasteiger partial charge on any atom is 0.416 e. The zero-order chi connectivity index (χ0) is 25.5. The number of fused-ring (bicyclic) bond motifs is 2. The van der Waals surface area contributed by atoms with Crippen molar-refractivity contribution in [1.82, 2.24) is 19.8 Å². The van der Waals surface area contributed by atoms with Gasteiger partial charge in [-0.1, -0.05) is 0 Å². The minimum Gasteiger partial charge on any atom is -0.437 e. The molecule has 188 valence electrons. The van der Waals surface area contributed by atoms with Gasteiger partial charge in [-0.25, -0.2) is 18.3 Å². The Balaban J connectivity index is 1.47. The number of carbonyl (C=O) groups is 1. The van der Waals surface area contributed by atoms with E-state index in [0.717, 1.165) is 25.6 Å². The van der Waals surface area contributed by atoms with Gasteiger partial charge in [-0.15, -0.1) is 5.10 Å². The number of aromatic nitrogens is 2. The molecular formula is C23H21F2N5O5S. The third-order valence-corrected chi connectivity index (χ3v) is 7.38. The van der Waals surface area contributed by atoms with Gasteiger partial charge in [-0.3, -0.25) is 9.62 Å². The molecule has 1 fully saturated rings. The second kappa shape index (κ2) is 8.99. The Morgan fingerprint density at radius 2 is 2.00 bits per heavy atom. The second-order valence-corrected chi connectivity index (χ2v) is 9.98. The van der Waals surface area contributed by atoms with Crippen LogP contribution in [0.25, 0.3) is 0 Å². The molecule has 1 aromatic heterocycles. The average Bonchev–Trinajstić information content (AvgIpc) is 2.83. The lowest BCUT2D eigenvalue weighted by atomic mass is 9.69. The second-order valence-electron chi connectivity index (χ2n) is 8.36. The number of anilines is 1. The number of hydrogen-bond donors (Lipinski definition) is 2. The first kappa shape index (κ1) is 23.9. The normalized spacial score (nSPS) is 16.2. The minimum absolute atomic E-state index is 0.263. The van der Waals surface area contributed by atoms with E-state index in [4.69, 9.17) is 9.47 Å². The molecule has 2 aromatic carbocycles. The number of nitrogens with zero attached hydrogens (tertiary/aromatic N) is 3. The number of halogens is 2. The summed E-state index contributed by atoms with van der Waals surface area (Å²) in [6.45, 7) is -0.455. The van der Waals surface area contributed by atoms with Crippen LogP contribution >= 0.6 is 0 Å². The van der Waals surface area contributed by atoms with Crippen molar-refractivity contribution in [3.8, 4) is 17.4 Å². The molecule has 13 heteroatoms. The van der Waals surface area contributed by atoms with E-state index in [-0.39, 0.29) is 11.6 Å². The van der Waals surface area contributed by atoms with Crippen molar-refractivity contribution in [2.45, 2.75) is 31.3 Å². The summed E-state index contributed by atoms with van der Waals surface area (Å²) >= 11 is 0. The third-order valence-electron chi connectivity index (χ3n) is 6.36. The molecule has 0 saturated heterocycles. The molecule has 0 radical (unpaired) electrons. The first-order valence-electron chi connectivity index (χ1n) is 11.0. The fourth-order valence-electron chi connectivity index (χ4n) is 4.41. The van der Waals surface area contributed by atoms with Crippen molar-refractivity contribution in [2.75, 3.05) is 11.8 Å². The van der Waals surface area contributed by atoms with Gasteiger partial charge in [0.05, 0.1) is 17.8 Å². The van der Waals surface area contributed by atoms with E-state index in [2.05, 4.69) is 10.2 Å². The summed E-state index contributed by atoms with van der Waals surface area (Å²) < 4.78 is 68.8. The number of ether oxygens (including phenoxy) is 2. The van der Waals surface area contributed by atoms with Gasteiger partial charge in [0.2, 0.25) is 5.88 Å². The molecule has 0 atom stereocenters. The van der Waals surface area contributed by atoms with Crippen LogP contribution in [0.4, 0.5) is 19.3 Å². The van der Waals surface area contributed by atoms with Crippen molar-refractivity contribution in [3.63, 3.8) is 0 Å². The first-order valence-corrected chi connectivity index (χ1v) is 12.5. The molecule has 0 bridgehead atoms. The van der Waals surface area contributed by atoms with Crippen LogP contribution in [0.2, 0.25) is 0 Å². The van der Waals surface area contributed by atoms with E-state index in [9.17, 15) is 17.6 Å². The van der Waals surface area contributed by atoms with Gasteiger partial charge in [-0.05, 0) is 49.6 Å². The van der Waals surface area contributed by atoms with Crippen LogP contribution in [0.15, 0.2) is 48.7 Å². The molecule has 1 spiro atoms. The lowest BCUT2D eigenvalue weighted by molar-refractivity contribution is 0.000571. The van der Waals surface area contributed by atoms with Gasteiger partial charge in [-0.2, -0.15) is 13.5 Å². The van der Waals surface area contributed by atoms with Crippen LogP contribution in [0.3, 0.4) is 0 Å². The van der Waals surface area contributed by atoms with E-state index in [0.29, 0.717) is 24.2 Å². The monoisotopic (exact) mass is 517 g/mol. The quantitative estimate of drug-likeness (QED) is 0.489. The van der Waals surface area contributed by atoms with Gasteiger partial charge in [0, 0.05) is 36.5 Å². The van der Waals surface area contributed by atoms with Crippen molar-refractivity contribution >= 4 is 22.0 Å². The Hall–Kier alpha value is -3.84. The SMILES string of the molecule is CNS(=O)(=O)Nc1ccc(F)c(CN2C(=O)Oc3cc(Oc4cccnn4)ccc3C23CCC3)c1F. The van der Waals surface area contributed by atoms with Gasteiger partial charge in [0.1, 0.15) is 17.3 Å². The Bertz CT molecular complexity index is 1430. The highest BCUT2D eigenvalue weighted by atomic mass is 32.2. The third kappa shape index (κ3) is 4.20. The topological polar surface area (TPSA) is 123 Å². The fourth-order valence-corrected chi connectivity index (χ4v) is 4.96. The Morgan fingerprint density at radius 3 is 2.67 bits per heavy atom. The Labute approximate surface area is 205 Å². The number of rotatable bonds is 7. The van der Waals surface area contributed by atoms with Crippen LogP contribution in [0.1, 0.15) is 30.4 Å². The van der Waals surface area contributed by atoms with Crippen LogP contribution in [-0.2, 0) is 22.3 Å². The Kier molecular flexibility index (Phi) is 5.96. The molecule has 1 aliphatic heterocycles. The van der Waals surface area contributed by atoms with Crippen LogP contribution in [0.5, 0.6) is 17.4 Å². The molecule has 2 heterocycles. The number of hydrogen-bond acceptors (Lipinski definition) is 7. The van der Waals surface area contributed by atoms with Crippen LogP contribution in [0, 0.1) is 11.6 Å². The summed E-state index contributed by atoms with van der Waals surface area (Å²) in [7, 11) is -2.89. The van der Waals surface area contributed by atoms with Gasteiger partial charge < -0.3 is 9.47 Å². The highest BCUT2D eigenvalue weighted by Gasteiger charge is 2.52. The van der Waals surface area contributed by atoms with Crippen molar-refractivity contribution in [2.24, 2.45) is 0 Å². The van der Waals surface area contributed by atoms with E-state index in [1.54, 1.807) is 30.3 Å². The molecule has 10 nitrogen and oxygen atoms in total. The number of carbonyl (C=O) groups excluding carboxylic acids is 1. The van der Waals surface area contributed by atoms with Gasteiger partial charge in [0.25, 0.3) is 10.2 Å². The maximum absolute atomic E-state index is 15.2. The largest absolute Gasteiger partial charge is 0.437 e. The lowest BCUT2D eigenvalue weighted by Crippen LogP contribution is -2.57. The zero-order valence-electron chi connectivity index (χ0n) is 19.0. The van der Waals surface area contributed by atoms with Crippen molar-refractivity contribution in [1.29, 1.82) is 0 Å². The molecule has 36 heavy (non-hydrogen) atoms. The summed E-state index contributed by atoms with van der Waals surface area (Å²) in [6, 6.07) is 10.2. The van der Waals surface area contributed by atoms with Crippen molar-refractivity contribution in [3.05, 3.63) is 71.4 Å². The summed E-state index contributed by atoms with van der Waals surface area (Å²) in [5.74, 6) is -1.10. The van der Waals surface area contributed by atoms with Gasteiger partial charge >= 0.3 is 6.09 Å². The molecule has 1 aliphatic carbocycles. The zero-order valence-corrected chi connectivity index (χ0v) is 19.8. The van der Waals surface area contributed by atoms with Crippen LogP contribution < -0.4 is 18.9 Å². The first-order chi connectivity index (χ1) is 17.2. The highest BCUT2D eigenvalue weighted by Crippen LogP contribution is 2.53. The van der Waals surface area contributed by atoms with E-state index in [1.807, 2.05) is 9.44 Å². The molecule has 0 unspecified atom stereocenters. The molecular weight excluding hydrogens is 496 g/mol. The van der Waals surface area contributed by atoms with Crippen LogP contribution in [-0.4, -0.2) is 36.7 Å². The minimum atomic E-state index is -4.04. The lowest BCUT2D eigenvalue weighted by Gasteiger charge is -2.52. The molecule has 1 amide bonds. The molecule has 3 aromatic rings. The van der Waals surface area contributed by atoms with E-state index < -0.39 is 51.3 Å². The predicted octanol–water partition coefficient (Wildman–Crippen LogP) is 3.82.